The minimum Gasteiger partial charge on any atom is -0.333 e. The van der Waals surface area contributed by atoms with Crippen LogP contribution < -0.4 is 0 Å². The van der Waals surface area contributed by atoms with Crippen LogP contribution in [0, 0.1) is 6.92 Å². The number of thioether (sulfide) groups is 1. The van der Waals surface area contributed by atoms with Gasteiger partial charge in [-0.05, 0) is 24.6 Å². The number of hydrogen-bond acceptors (Lipinski definition) is 4. The van der Waals surface area contributed by atoms with Crippen LogP contribution in [0.4, 0.5) is 0 Å². The minimum atomic E-state index is 0.589. The fourth-order valence-corrected chi connectivity index (χ4v) is 3.54. The van der Waals surface area contributed by atoms with Gasteiger partial charge in [0.25, 0.3) is 0 Å². The Bertz CT molecular complexity index is 690. The van der Waals surface area contributed by atoms with Gasteiger partial charge in [-0.3, -0.25) is 0 Å². The van der Waals surface area contributed by atoms with E-state index in [0.29, 0.717) is 4.47 Å². The van der Waals surface area contributed by atoms with Crippen LogP contribution in [0.15, 0.2) is 29.6 Å². The predicted octanol–water partition coefficient (Wildman–Crippen LogP) is 4.27. The van der Waals surface area contributed by atoms with Crippen LogP contribution in [0.25, 0.3) is 11.0 Å². The second-order valence-electron chi connectivity index (χ2n) is 3.93. The molecule has 3 aromatic rings. The summed E-state index contributed by atoms with van der Waals surface area (Å²) in [4.78, 5) is 13.0. The van der Waals surface area contributed by atoms with E-state index >= 15 is 0 Å². The monoisotopic (exact) mass is 295 g/mol. The molecule has 3 nitrogen and oxygen atoms in total. The first-order chi connectivity index (χ1) is 8.70. The van der Waals surface area contributed by atoms with Gasteiger partial charge in [0.05, 0.1) is 11.0 Å². The van der Waals surface area contributed by atoms with Crippen molar-refractivity contribution in [1.29, 1.82) is 0 Å². The lowest BCUT2D eigenvalue weighted by Gasteiger charge is -1.92. The van der Waals surface area contributed by atoms with Crippen molar-refractivity contribution in [3.63, 3.8) is 0 Å². The van der Waals surface area contributed by atoms with Gasteiger partial charge in [-0.15, -0.1) is 11.3 Å². The molecule has 1 aromatic carbocycles. The molecule has 18 heavy (non-hydrogen) atoms. The average Bonchev–Trinajstić information content (AvgIpc) is 2.92. The number of aromatic nitrogens is 3. The summed E-state index contributed by atoms with van der Waals surface area (Å²) in [7, 11) is 0. The lowest BCUT2D eigenvalue weighted by atomic mass is 10.2. The Morgan fingerprint density at radius 1 is 1.44 bits per heavy atom. The number of hydrogen-bond donors (Lipinski definition) is 1. The molecule has 0 radical (unpaired) electrons. The molecule has 2 heterocycles. The van der Waals surface area contributed by atoms with E-state index in [1.165, 1.54) is 16.9 Å². The van der Waals surface area contributed by atoms with Crippen LogP contribution in [0.1, 0.15) is 10.4 Å². The molecule has 0 saturated heterocycles. The second-order valence-corrected chi connectivity index (χ2v) is 6.59. The first-order valence-corrected chi connectivity index (χ1v) is 7.58. The van der Waals surface area contributed by atoms with Crippen LogP contribution in [-0.4, -0.2) is 15.0 Å². The maximum atomic E-state index is 5.80. The maximum Gasteiger partial charge on any atom is 0.183 e. The zero-order chi connectivity index (χ0) is 12.5. The Hall–Kier alpha value is -1.04. The smallest absolute Gasteiger partial charge is 0.183 e. The Morgan fingerprint density at radius 2 is 2.33 bits per heavy atom. The van der Waals surface area contributed by atoms with Crippen LogP contribution in [0.2, 0.25) is 4.47 Å². The van der Waals surface area contributed by atoms with E-state index in [2.05, 4.69) is 34.0 Å². The Labute approximate surface area is 118 Å². The Kier molecular flexibility index (Phi) is 3.28. The van der Waals surface area contributed by atoms with E-state index in [0.717, 1.165) is 26.8 Å². The molecule has 0 aliphatic rings. The summed E-state index contributed by atoms with van der Waals surface area (Å²) in [5.74, 6) is 0.836. The minimum absolute atomic E-state index is 0.589. The second kappa shape index (κ2) is 4.91. The molecule has 0 amide bonds. The molecule has 0 atom stereocenters. The zero-order valence-corrected chi connectivity index (χ0v) is 12.0. The quantitative estimate of drug-likeness (QED) is 0.734. The van der Waals surface area contributed by atoms with Gasteiger partial charge in [0.1, 0.15) is 0 Å². The molecule has 0 spiro atoms. The number of benzene rings is 1. The number of aromatic amines is 1. The van der Waals surface area contributed by atoms with Gasteiger partial charge in [0, 0.05) is 16.8 Å². The highest BCUT2D eigenvalue weighted by atomic mass is 35.5. The SMILES string of the molecule is Cc1ccc2nc(SCc3cnc(Cl)s3)[nH]c2c1. The van der Waals surface area contributed by atoms with Crippen molar-refractivity contribution < 1.29 is 0 Å². The van der Waals surface area contributed by atoms with E-state index in [1.807, 2.05) is 12.3 Å². The molecule has 0 unspecified atom stereocenters. The van der Waals surface area contributed by atoms with Gasteiger partial charge in [0.2, 0.25) is 0 Å². The van der Waals surface area contributed by atoms with Gasteiger partial charge in [-0.25, -0.2) is 9.97 Å². The third kappa shape index (κ3) is 2.53. The molecule has 0 fully saturated rings. The number of imidazole rings is 1. The van der Waals surface area contributed by atoms with Crippen molar-refractivity contribution in [2.45, 2.75) is 17.8 Å². The van der Waals surface area contributed by atoms with Crippen LogP contribution >= 0.6 is 34.7 Å². The molecule has 0 saturated carbocycles. The van der Waals surface area contributed by atoms with Crippen molar-refractivity contribution in [3.05, 3.63) is 39.3 Å². The van der Waals surface area contributed by atoms with Crippen molar-refractivity contribution in [2.75, 3.05) is 0 Å². The molecular formula is C12H10ClN3S2. The third-order valence-corrected chi connectivity index (χ3v) is 4.71. The number of nitrogens with zero attached hydrogens (tertiary/aromatic N) is 2. The predicted molar refractivity (Wildman–Crippen MR) is 77.5 cm³/mol. The fourth-order valence-electron chi connectivity index (χ4n) is 1.66. The topological polar surface area (TPSA) is 41.6 Å². The average molecular weight is 296 g/mol. The Morgan fingerprint density at radius 3 is 3.11 bits per heavy atom. The van der Waals surface area contributed by atoms with E-state index < -0.39 is 0 Å². The summed E-state index contributed by atoms with van der Waals surface area (Å²) in [6.07, 6.45) is 1.81. The number of H-pyrrole nitrogens is 1. The van der Waals surface area contributed by atoms with Crippen molar-refractivity contribution >= 4 is 45.7 Å². The maximum absolute atomic E-state index is 5.80. The largest absolute Gasteiger partial charge is 0.333 e. The van der Waals surface area contributed by atoms with E-state index in [-0.39, 0.29) is 0 Å². The summed E-state index contributed by atoms with van der Waals surface area (Å²) in [6.45, 7) is 2.08. The van der Waals surface area contributed by atoms with Crippen LogP contribution in [0.5, 0.6) is 0 Å². The van der Waals surface area contributed by atoms with Crippen LogP contribution in [-0.2, 0) is 5.75 Å². The summed E-state index contributed by atoms with van der Waals surface area (Å²) in [5.41, 5.74) is 3.32. The molecular weight excluding hydrogens is 286 g/mol. The molecule has 0 aliphatic carbocycles. The van der Waals surface area contributed by atoms with Gasteiger partial charge in [-0.1, -0.05) is 29.4 Å². The zero-order valence-electron chi connectivity index (χ0n) is 9.61. The van der Waals surface area contributed by atoms with Crippen molar-refractivity contribution in [1.82, 2.24) is 15.0 Å². The molecule has 2 aromatic heterocycles. The summed E-state index contributed by atoms with van der Waals surface area (Å²) >= 11 is 8.97. The van der Waals surface area contributed by atoms with Crippen molar-refractivity contribution in [2.24, 2.45) is 0 Å². The number of nitrogens with one attached hydrogen (secondary N) is 1. The lowest BCUT2D eigenvalue weighted by Crippen LogP contribution is -1.76. The van der Waals surface area contributed by atoms with E-state index in [4.69, 9.17) is 11.6 Å². The number of aryl methyl sites for hydroxylation is 1. The van der Waals surface area contributed by atoms with Crippen molar-refractivity contribution in [3.8, 4) is 0 Å². The van der Waals surface area contributed by atoms with E-state index in [1.54, 1.807) is 11.8 Å². The number of halogens is 1. The van der Waals surface area contributed by atoms with Gasteiger partial charge in [0.15, 0.2) is 9.62 Å². The highest BCUT2D eigenvalue weighted by molar-refractivity contribution is 7.98. The molecule has 3 rings (SSSR count). The number of thiazole rings is 1. The van der Waals surface area contributed by atoms with Gasteiger partial charge in [-0.2, -0.15) is 0 Å². The standard InChI is InChI=1S/C12H10ClN3S2/c1-7-2-3-9-10(4-7)16-12(15-9)17-6-8-5-14-11(13)18-8/h2-5H,6H2,1H3,(H,15,16). The molecule has 0 aliphatic heterocycles. The highest BCUT2D eigenvalue weighted by Gasteiger charge is 2.05. The number of fused-ring (bicyclic) bond motifs is 1. The molecule has 92 valence electrons. The fraction of sp³-hybridized carbons (Fsp3) is 0.167. The third-order valence-electron chi connectivity index (χ3n) is 2.49. The molecule has 1 N–H and O–H groups in total. The summed E-state index contributed by atoms with van der Waals surface area (Å²) in [5, 5.41) is 0.931. The molecule has 6 heteroatoms. The first kappa shape index (κ1) is 12.0. The van der Waals surface area contributed by atoms with E-state index in [9.17, 15) is 0 Å². The van der Waals surface area contributed by atoms with Crippen LogP contribution in [0.3, 0.4) is 0 Å². The van der Waals surface area contributed by atoms with Gasteiger partial charge < -0.3 is 4.98 Å². The summed E-state index contributed by atoms with van der Waals surface area (Å²) in [6, 6.07) is 6.21. The molecule has 0 bridgehead atoms. The Balaban J connectivity index is 1.78. The first-order valence-electron chi connectivity index (χ1n) is 5.40. The summed E-state index contributed by atoms with van der Waals surface area (Å²) < 4.78 is 0.589. The normalized spacial score (nSPS) is 11.2. The lowest BCUT2D eigenvalue weighted by molar-refractivity contribution is 1.08. The number of rotatable bonds is 3. The highest BCUT2D eigenvalue weighted by Crippen LogP contribution is 2.27. The van der Waals surface area contributed by atoms with Gasteiger partial charge >= 0.3 is 0 Å².